The van der Waals surface area contributed by atoms with Crippen LogP contribution in [0.2, 0.25) is 0 Å². The minimum atomic E-state index is -3.91. The zero-order valence-corrected chi connectivity index (χ0v) is 19.0. The van der Waals surface area contributed by atoms with Crippen molar-refractivity contribution in [2.24, 2.45) is 4.99 Å². The molecule has 0 aliphatic carbocycles. The first-order valence-corrected chi connectivity index (χ1v) is 11.2. The van der Waals surface area contributed by atoms with Crippen LogP contribution in [0.5, 0.6) is 11.6 Å². The maximum Gasteiger partial charge on any atom is 0.262 e. The van der Waals surface area contributed by atoms with Crippen molar-refractivity contribution in [2.45, 2.75) is 18.2 Å². The minimum absolute atomic E-state index is 0.0612. The summed E-state index contributed by atoms with van der Waals surface area (Å²) < 4.78 is 40.1. The molecule has 0 unspecified atom stereocenters. The van der Waals surface area contributed by atoms with Gasteiger partial charge in [-0.2, -0.15) is 0 Å². The molecule has 0 bridgehead atoms. The first-order chi connectivity index (χ1) is 15.3. The molecule has 168 valence electrons. The van der Waals surface area contributed by atoms with Gasteiger partial charge >= 0.3 is 0 Å². The summed E-state index contributed by atoms with van der Waals surface area (Å²) in [5.41, 5.74) is 1.94. The van der Waals surface area contributed by atoms with Crippen LogP contribution in [0, 0.1) is 0 Å². The number of methoxy groups -OCH3 is 2. The molecule has 0 saturated heterocycles. The molecular weight excluding hydrogens is 432 g/mol. The summed E-state index contributed by atoms with van der Waals surface area (Å²) in [4.78, 5) is 20.7. The second kappa shape index (κ2) is 9.65. The maximum atomic E-state index is 12.9. The SMILES string of the molecule is CCC(=O)n1cc(-c2cnc(OC)c(NS(=O)(=O)c3ccc(OC)cc3)c2)ccc1=NC. The number of sulfonamides is 1. The van der Waals surface area contributed by atoms with Gasteiger partial charge in [0.15, 0.2) is 0 Å². The Kier molecular flexibility index (Phi) is 6.94. The van der Waals surface area contributed by atoms with Crippen LogP contribution in [0.1, 0.15) is 18.1 Å². The minimum Gasteiger partial charge on any atom is -0.497 e. The number of ether oxygens (including phenoxy) is 2. The number of hydrogen-bond acceptors (Lipinski definition) is 7. The second-order valence-corrected chi connectivity index (χ2v) is 8.36. The molecule has 0 amide bonds. The van der Waals surface area contributed by atoms with Crippen molar-refractivity contribution in [1.82, 2.24) is 9.55 Å². The number of nitrogens with zero attached hydrogens (tertiary/aromatic N) is 3. The second-order valence-electron chi connectivity index (χ2n) is 6.68. The van der Waals surface area contributed by atoms with Gasteiger partial charge in [0.1, 0.15) is 16.9 Å². The van der Waals surface area contributed by atoms with Gasteiger partial charge in [-0.25, -0.2) is 13.4 Å². The normalized spacial score (nSPS) is 11.8. The molecule has 3 rings (SSSR count). The van der Waals surface area contributed by atoms with E-state index < -0.39 is 10.0 Å². The lowest BCUT2D eigenvalue weighted by Gasteiger charge is -2.14. The fourth-order valence-corrected chi connectivity index (χ4v) is 4.07. The van der Waals surface area contributed by atoms with E-state index in [9.17, 15) is 13.2 Å². The van der Waals surface area contributed by atoms with Crippen molar-refractivity contribution in [3.63, 3.8) is 0 Å². The Morgan fingerprint density at radius 3 is 2.41 bits per heavy atom. The molecule has 2 heterocycles. The Labute approximate surface area is 186 Å². The molecule has 9 nitrogen and oxygen atoms in total. The third-order valence-corrected chi connectivity index (χ3v) is 6.10. The molecule has 0 atom stereocenters. The van der Waals surface area contributed by atoms with Gasteiger partial charge in [-0.1, -0.05) is 6.92 Å². The van der Waals surface area contributed by atoms with E-state index in [0.717, 1.165) is 0 Å². The van der Waals surface area contributed by atoms with E-state index in [1.165, 1.54) is 30.9 Å². The van der Waals surface area contributed by atoms with Crippen LogP contribution in [0.25, 0.3) is 11.1 Å². The van der Waals surface area contributed by atoms with E-state index in [2.05, 4.69) is 14.7 Å². The van der Waals surface area contributed by atoms with Crippen molar-refractivity contribution in [2.75, 3.05) is 26.0 Å². The zero-order chi connectivity index (χ0) is 23.3. The summed E-state index contributed by atoms with van der Waals surface area (Å²) in [7, 11) is 0.605. The van der Waals surface area contributed by atoms with Crippen LogP contribution in [0.15, 0.2) is 64.7 Å². The summed E-state index contributed by atoms with van der Waals surface area (Å²) in [6, 6.07) is 11.1. The van der Waals surface area contributed by atoms with Crippen LogP contribution >= 0.6 is 0 Å². The van der Waals surface area contributed by atoms with Gasteiger partial charge in [0.25, 0.3) is 10.0 Å². The van der Waals surface area contributed by atoms with Crippen molar-refractivity contribution in [1.29, 1.82) is 0 Å². The van der Waals surface area contributed by atoms with E-state index in [1.807, 2.05) is 0 Å². The molecule has 1 N–H and O–H groups in total. The van der Waals surface area contributed by atoms with E-state index in [4.69, 9.17) is 9.47 Å². The van der Waals surface area contributed by atoms with Crippen molar-refractivity contribution in [3.8, 4) is 22.8 Å². The standard InChI is InChI=1S/C22H24N4O5S/c1-5-21(27)26-14-15(6-11-20(26)23-2)16-12-19(22(31-4)24-13-16)25-32(28,29)18-9-7-17(30-3)8-10-18/h6-14,25H,5H2,1-4H3. The monoisotopic (exact) mass is 456 g/mol. The van der Waals surface area contributed by atoms with Gasteiger partial charge < -0.3 is 9.47 Å². The van der Waals surface area contributed by atoms with E-state index >= 15 is 0 Å². The third-order valence-electron chi connectivity index (χ3n) is 4.72. The summed E-state index contributed by atoms with van der Waals surface area (Å²) >= 11 is 0. The lowest BCUT2D eigenvalue weighted by molar-refractivity contribution is 0.0903. The Bertz CT molecular complexity index is 1300. The van der Waals surface area contributed by atoms with Crippen LogP contribution in [0.3, 0.4) is 0 Å². The number of carbonyl (C=O) groups excluding carboxylic acids is 1. The van der Waals surface area contributed by atoms with E-state index in [0.29, 0.717) is 28.8 Å². The van der Waals surface area contributed by atoms with Crippen LogP contribution < -0.4 is 19.7 Å². The average Bonchev–Trinajstić information content (AvgIpc) is 2.82. The number of anilines is 1. The third kappa shape index (κ3) is 4.80. The molecule has 0 fully saturated rings. The number of aromatic nitrogens is 2. The smallest absolute Gasteiger partial charge is 0.262 e. The number of carbonyl (C=O) groups is 1. The number of rotatable bonds is 7. The summed E-state index contributed by atoms with van der Waals surface area (Å²) in [5, 5.41) is 0. The van der Waals surface area contributed by atoms with Crippen molar-refractivity contribution in [3.05, 3.63) is 60.3 Å². The van der Waals surface area contributed by atoms with Gasteiger partial charge in [-0.15, -0.1) is 0 Å². The molecular formula is C22H24N4O5S. The topological polar surface area (TPSA) is 112 Å². The van der Waals surface area contributed by atoms with Crippen LogP contribution in [-0.4, -0.2) is 45.1 Å². The van der Waals surface area contributed by atoms with Gasteiger partial charge in [-0.05, 0) is 42.5 Å². The highest BCUT2D eigenvalue weighted by Crippen LogP contribution is 2.30. The summed E-state index contributed by atoms with van der Waals surface area (Å²) in [6.45, 7) is 1.77. The molecule has 2 aromatic heterocycles. The van der Waals surface area contributed by atoms with Crippen LogP contribution in [0.4, 0.5) is 5.69 Å². The largest absolute Gasteiger partial charge is 0.497 e. The van der Waals surface area contributed by atoms with Gasteiger partial charge in [0.05, 0.1) is 19.1 Å². The summed E-state index contributed by atoms with van der Waals surface area (Å²) in [5.74, 6) is 0.542. The van der Waals surface area contributed by atoms with E-state index in [1.54, 1.807) is 56.7 Å². The maximum absolute atomic E-state index is 12.9. The first kappa shape index (κ1) is 23.0. The molecule has 32 heavy (non-hydrogen) atoms. The zero-order valence-electron chi connectivity index (χ0n) is 18.2. The highest BCUT2D eigenvalue weighted by Gasteiger charge is 2.18. The Hall–Kier alpha value is -3.66. The molecule has 0 aliphatic rings. The molecule has 0 spiro atoms. The number of benzene rings is 1. The first-order valence-electron chi connectivity index (χ1n) is 9.73. The van der Waals surface area contributed by atoms with Gasteiger partial charge in [0.2, 0.25) is 11.8 Å². The van der Waals surface area contributed by atoms with Gasteiger partial charge in [-0.3, -0.25) is 19.1 Å². The highest BCUT2D eigenvalue weighted by atomic mass is 32.2. The van der Waals surface area contributed by atoms with Crippen LogP contribution in [-0.2, 0) is 10.0 Å². The average molecular weight is 457 g/mol. The lowest BCUT2D eigenvalue weighted by Crippen LogP contribution is -2.26. The number of hydrogen-bond donors (Lipinski definition) is 1. The van der Waals surface area contributed by atoms with Gasteiger partial charge in [0, 0.05) is 37.0 Å². The Balaban J connectivity index is 2.03. The molecule has 0 saturated carbocycles. The predicted molar refractivity (Wildman–Crippen MR) is 120 cm³/mol. The Morgan fingerprint density at radius 2 is 1.81 bits per heavy atom. The predicted octanol–water partition coefficient (Wildman–Crippen LogP) is 2.95. The Morgan fingerprint density at radius 1 is 1.09 bits per heavy atom. The fourth-order valence-electron chi connectivity index (χ4n) is 3.02. The van der Waals surface area contributed by atoms with Crippen molar-refractivity contribution < 1.29 is 22.7 Å². The van der Waals surface area contributed by atoms with Crippen molar-refractivity contribution >= 4 is 21.6 Å². The molecule has 0 radical (unpaired) electrons. The summed E-state index contributed by atoms with van der Waals surface area (Å²) in [6.07, 6.45) is 3.51. The fraction of sp³-hybridized carbons (Fsp3) is 0.227. The molecule has 3 aromatic rings. The number of pyridine rings is 2. The van der Waals surface area contributed by atoms with E-state index in [-0.39, 0.29) is 22.4 Å². The molecule has 0 aliphatic heterocycles. The number of nitrogens with one attached hydrogen (secondary N) is 1. The molecule has 10 heteroatoms. The highest BCUT2D eigenvalue weighted by molar-refractivity contribution is 7.92. The lowest BCUT2D eigenvalue weighted by atomic mass is 10.1. The molecule has 1 aromatic carbocycles. The quantitative estimate of drug-likeness (QED) is 0.585.